The average molecular weight is 389 g/mol. The Morgan fingerprint density at radius 2 is 1.69 bits per heavy atom. The number of fused-ring (bicyclic) bond motifs is 1. The van der Waals surface area contributed by atoms with Crippen molar-refractivity contribution in [3.63, 3.8) is 0 Å². The van der Waals surface area contributed by atoms with Crippen LogP contribution in [0, 0.1) is 5.41 Å². The van der Waals surface area contributed by atoms with Crippen LogP contribution in [-0.2, 0) is 14.3 Å². The number of anilines is 2. The molecule has 0 radical (unpaired) electrons. The largest absolute Gasteiger partial charge is 0.465 e. The first-order valence-electron chi connectivity index (χ1n) is 9.18. The van der Waals surface area contributed by atoms with Crippen LogP contribution in [0.15, 0.2) is 60.8 Å². The number of hydrogen-bond donors (Lipinski definition) is 2. The molecule has 1 fully saturated rings. The van der Waals surface area contributed by atoms with Gasteiger partial charge in [-0.15, -0.1) is 0 Å². The van der Waals surface area contributed by atoms with Crippen LogP contribution in [0.2, 0.25) is 0 Å². The van der Waals surface area contributed by atoms with Gasteiger partial charge in [-0.25, -0.2) is 4.79 Å². The Balaban J connectivity index is 1.52. The molecule has 1 aliphatic rings. The van der Waals surface area contributed by atoms with E-state index in [1.54, 1.807) is 30.5 Å². The molecule has 3 aromatic rings. The van der Waals surface area contributed by atoms with Gasteiger partial charge in [-0.1, -0.05) is 24.3 Å². The van der Waals surface area contributed by atoms with E-state index in [0.717, 1.165) is 5.39 Å². The predicted molar refractivity (Wildman–Crippen MR) is 108 cm³/mol. The minimum absolute atomic E-state index is 0.321. The first-order valence-corrected chi connectivity index (χ1v) is 9.18. The van der Waals surface area contributed by atoms with Crippen LogP contribution in [0.1, 0.15) is 23.2 Å². The van der Waals surface area contributed by atoms with E-state index >= 15 is 0 Å². The summed E-state index contributed by atoms with van der Waals surface area (Å²) < 4.78 is 4.69. The second-order valence-electron chi connectivity index (χ2n) is 6.94. The highest BCUT2D eigenvalue weighted by molar-refractivity contribution is 6.18. The van der Waals surface area contributed by atoms with E-state index in [1.807, 2.05) is 24.3 Å². The third kappa shape index (κ3) is 3.54. The number of carbonyl (C=O) groups excluding carboxylic acids is 3. The molecule has 0 bridgehead atoms. The van der Waals surface area contributed by atoms with Crippen LogP contribution in [0.5, 0.6) is 0 Å². The highest BCUT2D eigenvalue weighted by Crippen LogP contribution is 2.47. The number of benzene rings is 2. The number of methoxy groups -OCH3 is 1. The topological polar surface area (TPSA) is 97.4 Å². The van der Waals surface area contributed by atoms with Gasteiger partial charge in [0.05, 0.1) is 23.9 Å². The standard InChI is InChI=1S/C22H19N3O4/c1-29-19(26)15-6-2-8-16(13-15)24-20(27)22(10-11-22)21(28)25-17-9-3-5-14-7-4-12-23-18(14)17/h2-9,12-13H,10-11H2,1H3,(H,24,27)(H,25,28). The highest BCUT2D eigenvalue weighted by Gasteiger charge is 2.56. The number of pyridine rings is 1. The first-order chi connectivity index (χ1) is 14.0. The fourth-order valence-electron chi connectivity index (χ4n) is 3.22. The number of hydrogen-bond acceptors (Lipinski definition) is 5. The van der Waals surface area contributed by atoms with Crippen molar-refractivity contribution in [1.29, 1.82) is 0 Å². The van der Waals surface area contributed by atoms with E-state index in [2.05, 4.69) is 15.6 Å². The van der Waals surface area contributed by atoms with Gasteiger partial charge in [-0.3, -0.25) is 14.6 Å². The van der Waals surface area contributed by atoms with Crippen LogP contribution in [0.3, 0.4) is 0 Å². The number of nitrogens with zero attached hydrogens (tertiary/aromatic N) is 1. The monoisotopic (exact) mass is 389 g/mol. The lowest BCUT2D eigenvalue weighted by Crippen LogP contribution is -2.35. The Morgan fingerprint density at radius 1 is 0.966 bits per heavy atom. The smallest absolute Gasteiger partial charge is 0.337 e. The molecule has 0 unspecified atom stereocenters. The van der Waals surface area contributed by atoms with E-state index < -0.39 is 17.3 Å². The third-order valence-corrected chi connectivity index (χ3v) is 5.04. The van der Waals surface area contributed by atoms with E-state index in [9.17, 15) is 14.4 Å². The van der Waals surface area contributed by atoms with Gasteiger partial charge in [0.2, 0.25) is 11.8 Å². The zero-order valence-corrected chi connectivity index (χ0v) is 15.8. The summed E-state index contributed by atoms with van der Waals surface area (Å²) in [6.45, 7) is 0. The fourth-order valence-corrected chi connectivity index (χ4v) is 3.22. The van der Waals surface area contributed by atoms with Gasteiger partial charge in [-0.2, -0.15) is 0 Å². The van der Waals surface area contributed by atoms with Crippen molar-refractivity contribution in [3.05, 3.63) is 66.4 Å². The summed E-state index contributed by atoms with van der Waals surface area (Å²) >= 11 is 0. The Morgan fingerprint density at radius 3 is 2.45 bits per heavy atom. The Bertz CT molecular complexity index is 1120. The summed E-state index contributed by atoms with van der Waals surface area (Å²) in [7, 11) is 1.29. The zero-order chi connectivity index (χ0) is 20.4. The molecular formula is C22H19N3O4. The zero-order valence-electron chi connectivity index (χ0n) is 15.8. The number of esters is 1. The molecule has 0 aliphatic heterocycles. The van der Waals surface area contributed by atoms with Crippen LogP contribution < -0.4 is 10.6 Å². The molecule has 29 heavy (non-hydrogen) atoms. The maximum atomic E-state index is 12.9. The number of ether oxygens (including phenoxy) is 1. The molecule has 146 valence electrons. The molecule has 7 nitrogen and oxygen atoms in total. The minimum Gasteiger partial charge on any atom is -0.465 e. The lowest BCUT2D eigenvalue weighted by Gasteiger charge is -2.16. The van der Waals surface area contributed by atoms with Gasteiger partial charge < -0.3 is 15.4 Å². The lowest BCUT2D eigenvalue weighted by atomic mass is 10.0. The molecule has 7 heteroatoms. The molecule has 1 aromatic heterocycles. The maximum absolute atomic E-state index is 12.9. The third-order valence-electron chi connectivity index (χ3n) is 5.04. The first kappa shape index (κ1) is 18.6. The number of carbonyl (C=O) groups is 3. The van der Waals surface area contributed by atoms with Crippen molar-refractivity contribution in [2.75, 3.05) is 17.7 Å². The van der Waals surface area contributed by atoms with Crippen molar-refractivity contribution < 1.29 is 19.1 Å². The molecule has 0 atom stereocenters. The van der Waals surface area contributed by atoms with Crippen molar-refractivity contribution in [2.45, 2.75) is 12.8 Å². The van der Waals surface area contributed by atoms with Crippen molar-refractivity contribution in [3.8, 4) is 0 Å². The summed E-state index contributed by atoms with van der Waals surface area (Å²) in [6.07, 6.45) is 2.57. The summed E-state index contributed by atoms with van der Waals surface area (Å²) in [5.41, 5.74) is 0.869. The Labute approximate surface area is 167 Å². The summed E-state index contributed by atoms with van der Waals surface area (Å²) in [5, 5.41) is 6.50. The van der Waals surface area contributed by atoms with Gasteiger partial charge in [0.1, 0.15) is 5.41 Å². The Kier molecular flexibility index (Phi) is 4.72. The van der Waals surface area contributed by atoms with Crippen LogP contribution >= 0.6 is 0 Å². The molecule has 1 heterocycles. The molecule has 2 N–H and O–H groups in total. The molecule has 2 amide bonds. The lowest BCUT2D eigenvalue weighted by molar-refractivity contribution is -0.131. The summed E-state index contributed by atoms with van der Waals surface area (Å²) in [4.78, 5) is 41.8. The van der Waals surface area contributed by atoms with Crippen LogP contribution in [-0.4, -0.2) is 29.9 Å². The number of para-hydroxylation sites is 1. The Hall–Kier alpha value is -3.74. The molecule has 1 aliphatic carbocycles. The van der Waals surface area contributed by atoms with Gasteiger partial charge in [0.25, 0.3) is 0 Å². The van der Waals surface area contributed by atoms with Gasteiger partial charge in [0.15, 0.2) is 0 Å². The van der Waals surface area contributed by atoms with Gasteiger partial charge in [0, 0.05) is 17.3 Å². The summed E-state index contributed by atoms with van der Waals surface area (Å²) in [6, 6.07) is 15.7. The maximum Gasteiger partial charge on any atom is 0.337 e. The number of nitrogens with one attached hydrogen (secondary N) is 2. The number of aromatic nitrogens is 1. The van der Waals surface area contributed by atoms with Gasteiger partial charge >= 0.3 is 5.97 Å². The molecule has 1 saturated carbocycles. The quantitative estimate of drug-likeness (QED) is 0.515. The SMILES string of the molecule is COC(=O)c1cccc(NC(=O)C2(C(=O)Nc3cccc4cccnc34)CC2)c1. The normalized spacial score (nSPS) is 14.1. The van der Waals surface area contributed by atoms with Crippen molar-refractivity contribution >= 4 is 40.1 Å². The van der Waals surface area contributed by atoms with Crippen molar-refractivity contribution in [2.24, 2.45) is 5.41 Å². The second-order valence-corrected chi connectivity index (χ2v) is 6.94. The number of amides is 2. The van der Waals surface area contributed by atoms with E-state index in [1.165, 1.54) is 13.2 Å². The second kappa shape index (κ2) is 7.35. The highest BCUT2D eigenvalue weighted by atomic mass is 16.5. The number of rotatable bonds is 5. The van der Waals surface area contributed by atoms with E-state index in [-0.39, 0.29) is 5.91 Å². The summed E-state index contributed by atoms with van der Waals surface area (Å²) in [5.74, 6) is -1.26. The molecular weight excluding hydrogens is 370 g/mol. The fraction of sp³-hybridized carbons (Fsp3) is 0.182. The van der Waals surface area contributed by atoms with Gasteiger partial charge in [-0.05, 0) is 43.2 Å². The minimum atomic E-state index is -1.13. The predicted octanol–water partition coefficient (Wildman–Crippen LogP) is 3.38. The molecule has 0 saturated heterocycles. The molecule has 0 spiro atoms. The molecule has 2 aromatic carbocycles. The van der Waals surface area contributed by atoms with Crippen molar-refractivity contribution in [1.82, 2.24) is 4.98 Å². The van der Waals surface area contributed by atoms with Crippen LogP contribution in [0.4, 0.5) is 11.4 Å². The average Bonchev–Trinajstić information content (AvgIpc) is 3.56. The van der Waals surface area contributed by atoms with E-state index in [4.69, 9.17) is 4.74 Å². The molecule has 4 rings (SSSR count). The van der Waals surface area contributed by atoms with E-state index in [0.29, 0.717) is 35.3 Å². The van der Waals surface area contributed by atoms with Crippen LogP contribution in [0.25, 0.3) is 10.9 Å².